The van der Waals surface area contributed by atoms with Gasteiger partial charge in [-0.2, -0.15) is 0 Å². The van der Waals surface area contributed by atoms with Crippen LogP contribution in [0.15, 0.2) is 36.9 Å². The molecular formula is C17H21ClN4O2. The van der Waals surface area contributed by atoms with E-state index in [4.69, 9.17) is 16.3 Å². The largest absolute Gasteiger partial charge is 0.491 e. The molecular weight excluding hydrogens is 328 g/mol. The number of benzene rings is 1. The van der Waals surface area contributed by atoms with Gasteiger partial charge in [-0.3, -0.25) is 0 Å². The minimum absolute atomic E-state index is 0.0507. The molecule has 0 saturated carbocycles. The van der Waals surface area contributed by atoms with E-state index in [9.17, 15) is 4.79 Å². The van der Waals surface area contributed by atoms with E-state index in [-0.39, 0.29) is 12.1 Å². The molecule has 1 aliphatic heterocycles. The van der Waals surface area contributed by atoms with Crippen molar-refractivity contribution in [1.82, 2.24) is 19.8 Å². The van der Waals surface area contributed by atoms with Crippen molar-refractivity contribution >= 4 is 17.6 Å². The van der Waals surface area contributed by atoms with E-state index < -0.39 is 0 Å². The van der Waals surface area contributed by atoms with Gasteiger partial charge in [0.15, 0.2) is 0 Å². The molecule has 0 radical (unpaired) electrons. The number of aromatic nitrogens is 2. The zero-order valence-electron chi connectivity index (χ0n) is 13.6. The van der Waals surface area contributed by atoms with E-state index in [0.717, 1.165) is 17.7 Å². The normalized spacial score (nSPS) is 15.2. The molecule has 2 heterocycles. The number of carbonyl (C=O) groups excluding carboxylic acids is 1. The summed E-state index contributed by atoms with van der Waals surface area (Å²) >= 11 is 6.06. The van der Waals surface area contributed by atoms with Crippen LogP contribution >= 0.6 is 11.6 Å². The summed E-state index contributed by atoms with van der Waals surface area (Å²) in [5.41, 5.74) is 0.929. The van der Waals surface area contributed by atoms with Gasteiger partial charge in [0.05, 0.1) is 19.4 Å². The monoisotopic (exact) mass is 348 g/mol. The highest BCUT2D eigenvalue weighted by Gasteiger charge is 2.22. The minimum atomic E-state index is -0.0848. The summed E-state index contributed by atoms with van der Waals surface area (Å²) in [5.74, 6) is 0.792. The third-order valence-corrected chi connectivity index (χ3v) is 4.34. The summed E-state index contributed by atoms with van der Waals surface area (Å²) in [4.78, 5) is 18.4. The molecule has 3 rings (SSSR count). The molecule has 6 nitrogen and oxygen atoms in total. The number of nitrogens with one attached hydrogen (secondary N) is 1. The van der Waals surface area contributed by atoms with Gasteiger partial charge in [-0.05, 0) is 24.6 Å². The number of hydrogen-bond acceptors (Lipinski definition) is 3. The Hall–Kier alpha value is -2.21. The topological polar surface area (TPSA) is 59.4 Å². The molecule has 1 N–H and O–H groups in total. The van der Waals surface area contributed by atoms with Gasteiger partial charge in [0, 0.05) is 35.6 Å². The third-order valence-electron chi connectivity index (χ3n) is 4.10. The molecule has 0 unspecified atom stereocenters. The standard InChI is InChI=1S/C17H21ClN4O2/c1-2-15(11-21-6-5-19-12-21)20-17(23)22-7-8-24-16-4-3-14(18)9-13(16)10-22/h3-6,9,12,15H,2,7-8,10-11H2,1H3,(H,20,23)/t15-/m0/s1. The van der Waals surface area contributed by atoms with Crippen LogP contribution in [0.2, 0.25) is 5.02 Å². The molecule has 7 heteroatoms. The molecule has 0 fully saturated rings. The van der Waals surface area contributed by atoms with Crippen LogP contribution in [-0.4, -0.2) is 39.7 Å². The predicted octanol–water partition coefficient (Wildman–Crippen LogP) is 2.92. The van der Waals surface area contributed by atoms with Gasteiger partial charge in [-0.1, -0.05) is 18.5 Å². The second kappa shape index (κ2) is 7.57. The fraction of sp³-hybridized carbons (Fsp3) is 0.412. The second-order valence-electron chi connectivity index (χ2n) is 5.84. The first-order chi connectivity index (χ1) is 11.7. The van der Waals surface area contributed by atoms with Gasteiger partial charge in [0.1, 0.15) is 12.4 Å². The Kier molecular flexibility index (Phi) is 5.25. The summed E-state index contributed by atoms with van der Waals surface area (Å²) < 4.78 is 7.68. The van der Waals surface area contributed by atoms with Crippen molar-refractivity contribution in [3.05, 3.63) is 47.5 Å². The van der Waals surface area contributed by atoms with Gasteiger partial charge >= 0.3 is 6.03 Å². The van der Waals surface area contributed by atoms with E-state index in [0.29, 0.717) is 31.3 Å². The summed E-state index contributed by atoms with van der Waals surface area (Å²) in [6.07, 6.45) is 6.23. The molecule has 1 aromatic heterocycles. The molecule has 1 aliphatic rings. The van der Waals surface area contributed by atoms with Gasteiger partial charge in [0.25, 0.3) is 0 Å². The average molecular weight is 349 g/mol. The van der Waals surface area contributed by atoms with E-state index in [1.165, 1.54) is 0 Å². The Balaban J connectivity index is 1.65. The number of imidazole rings is 1. The number of fused-ring (bicyclic) bond motifs is 1. The smallest absolute Gasteiger partial charge is 0.318 e. The minimum Gasteiger partial charge on any atom is -0.491 e. The highest BCUT2D eigenvalue weighted by atomic mass is 35.5. The molecule has 0 aliphatic carbocycles. The highest BCUT2D eigenvalue weighted by Crippen LogP contribution is 2.26. The van der Waals surface area contributed by atoms with Crippen LogP contribution in [0.5, 0.6) is 5.75 Å². The number of ether oxygens (including phenoxy) is 1. The van der Waals surface area contributed by atoms with Crippen molar-refractivity contribution < 1.29 is 9.53 Å². The maximum atomic E-state index is 12.6. The maximum absolute atomic E-state index is 12.6. The molecule has 24 heavy (non-hydrogen) atoms. The van der Waals surface area contributed by atoms with E-state index in [1.807, 2.05) is 22.9 Å². The van der Waals surface area contributed by atoms with Crippen molar-refractivity contribution in [2.24, 2.45) is 0 Å². The van der Waals surface area contributed by atoms with E-state index in [2.05, 4.69) is 17.2 Å². The molecule has 2 amide bonds. The molecule has 1 atom stereocenters. The predicted molar refractivity (Wildman–Crippen MR) is 92.2 cm³/mol. The van der Waals surface area contributed by atoms with Crippen molar-refractivity contribution in [2.45, 2.75) is 32.5 Å². The Morgan fingerprint density at radius 3 is 3.12 bits per heavy atom. The fourth-order valence-corrected chi connectivity index (χ4v) is 2.92. The van der Waals surface area contributed by atoms with Crippen LogP contribution in [0.25, 0.3) is 0 Å². The van der Waals surface area contributed by atoms with Gasteiger partial charge in [-0.25, -0.2) is 9.78 Å². The lowest BCUT2D eigenvalue weighted by molar-refractivity contribution is 0.182. The van der Waals surface area contributed by atoms with E-state index in [1.54, 1.807) is 23.5 Å². The van der Waals surface area contributed by atoms with Crippen LogP contribution in [0.3, 0.4) is 0 Å². The third kappa shape index (κ3) is 4.00. The average Bonchev–Trinajstić information content (AvgIpc) is 2.98. The molecule has 2 aromatic rings. The number of carbonyl (C=O) groups is 1. The molecule has 1 aromatic carbocycles. The lowest BCUT2D eigenvalue weighted by atomic mass is 10.2. The zero-order valence-corrected chi connectivity index (χ0v) is 14.4. The van der Waals surface area contributed by atoms with Gasteiger partial charge in [-0.15, -0.1) is 0 Å². The maximum Gasteiger partial charge on any atom is 0.318 e. The fourth-order valence-electron chi connectivity index (χ4n) is 2.73. The summed E-state index contributed by atoms with van der Waals surface area (Å²) in [7, 11) is 0. The first kappa shape index (κ1) is 16.6. The number of rotatable bonds is 4. The van der Waals surface area contributed by atoms with Crippen molar-refractivity contribution in [3.63, 3.8) is 0 Å². The van der Waals surface area contributed by atoms with Crippen LogP contribution in [0.1, 0.15) is 18.9 Å². The van der Waals surface area contributed by atoms with Crippen molar-refractivity contribution in [3.8, 4) is 5.75 Å². The quantitative estimate of drug-likeness (QED) is 0.924. The van der Waals surface area contributed by atoms with Crippen LogP contribution < -0.4 is 10.1 Å². The van der Waals surface area contributed by atoms with Crippen LogP contribution in [0, 0.1) is 0 Å². The number of nitrogens with zero attached hydrogens (tertiary/aromatic N) is 3. The summed E-state index contributed by atoms with van der Waals surface area (Å²) in [6, 6.07) is 5.47. The Morgan fingerprint density at radius 2 is 2.38 bits per heavy atom. The number of halogens is 1. The van der Waals surface area contributed by atoms with Gasteiger partial charge < -0.3 is 19.5 Å². The van der Waals surface area contributed by atoms with Crippen molar-refractivity contribution in [2.75, 3.05) is 13.2 Å². The molecule has 0 bridgehead atoms. The van der Waals surface area contributed by atoms with E-state index >= 15 is 0 Å². The molecule has 0 spiro atoms. The van der Waals surface area contributed by atoms with Gasteiger partial charge in [0.2, 0.25) is 0 Å². The number of urea groups is 1. The first-order valence-corrected chi connectivity index (χ1v) is 8.46. The van der Waals surface area contributed by atoms with Crippen LogP contribution in [-0.2, 0) is 13.1 Å². The Bertz CT molecular complexity index is 690. The summed E-state index contributed by atoms with van der Waals surface area (Å²) in [5, 5.41) is 3.74. The first-order valence-electron chi connectivity index (χ1n) is 8.08. The lowest BCUT2D eigenvalue weighted by Gasteiger charge is -2.24. The molecule has 0 saturated heterocycles. The zero-order chi connectivity index (χ0) is 16.9. The lowest BCUT2D eigenvalue weighted by Crippen LogP contribution is -2.46. The van der Waals surface area contributed by atoms with Crippen molar-refractivity contribution in [1.29, 1.82) is 0 Å². The number of amides is 2. The Morgan fingerprint density at radius 1 is 1.50 bits per heavy atom. The Labute approximate surface area is 146 Å². The molecule has 128 valence electrons. The number of hydrogen-bond donors (Lipinski definition) is 1. The van der Waals surface area contributed by atoms with Crippen LogP contribution in [0.4, 0.5) is 4.79 Å². The SMILES string of the molecule is CC[C@@H](Cn1ccnc1)NC(=O)N1CCOc2ccc(Cl)cc2C1. The highest BCUT2D eigenvalue weighted by molar-refractivity contribution is 6.30. The second-order valence-corrected chi connectivity index (χ2v) is 6.27. The summed E-state index contributed by atoms with van der Waals surface area (Å²) in [6.45, 7) is 4.26.